The van der Waals surface area contributed by atoms with Crippen LogP contribution in [0, 0.1) is 0 Å². The van der Waals surface area contributed by atoms with Crippen LogP contribution in [-0.4, -0.2) is 38.8 Å². The van der Waals surface area contributed by atoms with Gasteiger partial charge >= 0.3 is 12.1 Å². The van der Waals surface area contributed by atoms with E-state index in [9.17, 15) is 26.4 Å². The normalized spacial score (nSPS) is 11.9. The summed E-state index contributed by atoms with van der Waals surface area (Å²) < 4.78 is 65.0. The van der Waals surface area contributed by atoms with Crippen molar-refractivity contribution in [1.29, 1.82) is 0 Å². The summed E-state index contributed by atoms with van der Waals surface area (Å²) in [7, 11) is -3.22. The van der Waals surface area contributed by atoms with Gasteiger partial charge in [-0.15, -0.1) is 0 Å². The van der Waals surface area contributed by atoms with Gasteiger partial charge in [0.05, 0.1) is 23.4 Å². The Kier molecular flexibility index (Phi) is 6.42. The van der Waals surface area contributed by atoms with Gasteiger partial charge in [0.2, 0.25) is 0 Å². The Morgan fingerprint density at radius 1 is 1.22 bits per heavy atom. The molecule has 0 unspecified atom stereocenters. The Morgan fingerprint density at radius 3 is 2.56 bits per heavy atom. The van der Waals surface area contributed by atoms with Crippen molar-refractivity contribution in [2.45, 2.75) is 11.9 Å². The average Bonchev–Trinajstić information content (AvgIpc) is 2.57. The molecule has 0 aliphatic heterocycles. The second-order valence-electron chi connectivity index (χ2n) is 5.76. The number of nitrogens with one attached hydrogen (secondary N) is 1. The number of nitrogens with zero attached hydrogens (tertiary/aromatic N) is 1. The lowest BCUT2D eigenvalue weighted by atomic mass is 10.1. The maximum Gasteiger partial charge on any atom is 0.417 e. The Hall–Kier alpha value is -2.62. The molecule has 0 aliphatic rings. The molecule has 6 nitrogen and oxygen atoms in total. The Balaban J connectivity index is 1.83. The molecule has 2 aromatic rings. The van der Waals surface area contributed by atoms with Crippen molar-refractivity contribution in [2.75, 3.05) is 24.7 Å². The third kappa shape index (κ3) is 6.89. The molecule has 1 aromatic carbocycles. The third-order valence-electron chi connectivity index (χ3n) is 3.32. The minimum absolute atomic E-state index is 0.0438. The van der Waals surface area contributed by atoms with Gasteiger partial charge in [-0.05, 0) is 29.8 Å². The number of ether oxygens (including phenoxy) is 1. The van der Waals surface area contributed by atoms with Crippen LogP contribution in [0.2, 0.25) is 0 Å². The van der Waals surface area contributed by atoms with Crippen LogP contribution in [0.1, 0.15) is 21.5 Å². The molecule has 0 radical (unpaired) electrons. The van der Waals surface area contributed by atoms with E-state index in [0.717, 1.165) is 12.3 Å². The molecule has 1 heterocycles. The molecule has 10 heteroatoms. The lowest BCUT2D eigenvalue weighted by molar-refractivity contribution is -0.137. The van der Waals surface area contributed by atoms with E-state index < -0.39 is 27.5 Å². The summed E-state index contributed by atoms with van der Waals surface area (Å²) in [5.74, 6) is -0.600. The van der Waals surface area contributed by atoms with Gasteiger partial charge in [0.1, 0.15) is 12.4 Å². The fourth-order valence-electron chi connectivity index (χ4n) is 2.16. The molecule has 0 atom stereocenters. The fourth-order valence-corrected chi connectivity index (χ4v) is 2.95. The van der Waals surface area contributed by atoms with Crippen LogP contribution in [0.15, 0.2) is 42.6 Å². The van der Waals surface area contributed by atoms with Crippen LogP contribution in [0.4, 0.5) is 19.0 Å². The average molecular weight is 402 g/mol. The third-order valence-corrected chi connectivity index (χ3v) is 4.18. The monoisotopic (exact) mass is 402 g/mol. The Bertz CT molecular complexity index is 897. The number of carbonyl (C=O) groups is 1. The highest BCUT2D eigenvalue weighted by Gasteiger charge is 2.30. The molecule has 146 valence electrons. The van der Waals surface area contributed by atoms with Gasteiger partial charge in [0, 0.05) is 12.5 Å². The number of hydrogen-bond donors (Lipinski definition) is 1. The molecule has 0 saturated carbocycles. The Morgan fingerprint density at radius 2 is 1.96 bits per heavy atom. The van der Waals surface area contributed by atoms with Crippen molar-refractivity contribution in [3.8, 4) is 0 Å². The number of halogens is 3. The Labute approximate surface area is 154 Å². The van der Waals surface area contributed by atoms with Crippen LogP contribution in [0.5, 0.6) is 0 Å². The van der Waals surface area contributed by atoms with Gasteiger partial charge < -0.3 is 10.1 Å². The van der Waals surface area contributed by atoms with E-state index in [1.54, 1.807) is 12.1 Å². The lowest BCUT2D eigenvalue weighted by Gasteiger charge is -2.09. The van der Waals surface area contributed by atoms with Gasteiger partial charge in [-0.1, -0.05) is 12.1 Å². The second kappa shape index (κ2) is 8.38. The molecule has 27 heavy (non-hydrogen) atoms. The number of esters is 1. The van der Waals surface area contributed by atoms with E-state index in [4.69, 9.17) is 4.74 Å². The number of benzene rings is 1. The lowest BCUT2D eigenvalue weighted by Crippen LogP contribution is -2.15. The molecule has 1 aromatic heterocycles. The molecular weight excluding hydrogens is 385 g/mol. The SMILES string of the molecule is CS(=O)(=O)Cc1cccc(C(=O)OCCNc2ccc(C(F)(F)F)cn2)c1. The first kappa shape index (κ1) is 20.7. The molecule has 0 fully saturated rings. The predicted molar refractivity (Wildman–Crippen MR) is 93.0 cm³/mol. The standard InChI is InChI=1S/C17H17F3N2O4S/c1-27(24,25)11-12-3-2-4-13(9-12)16(23)26-8-7-21-15-6-5-14(10-22-15)17(18,19)20/h2-6,9-10H,7-8,11H2,1H3,(H,21,22). The van der Waals surface area contributed by atoms with E-state index >= 15 is 0 Å². The summed E-state index contributed by atoms with van der Waals surface area (Å²) in [6.07, 6.45) is -2.65. The van der Waals surface area contributed by atoms with Gasteiger partial charge in [-0.25, -0.2) is 18.2 Å². The number of hydrogen-bond acceptors (Lipinski definition) is 6. The second-order valence-corrected chi connectivity index (χ2v) is 7.90. The first-order valence-electron chi connectivity index (χ1n) is 7.75. The van der Waals surface area contributed by atoms with Crippen LogP contribution in [-0.2, 0) is 26.5 Å². The summed E-state index contributed by atoms with van der Waals surface area (Å²) >= 11 is 0. The smallest absolute Gasteiger partial charge is 0.417 e. The van der Waals surface area contributed by atoms with Crippen molar-refractivity contribution < 1.29 is 31.1 Å². The maximum absolute atomic E-state index is 12.4. The van der Waals surface area contributed by atoms with Gasteiger partial charge in [0.25, 0.3) is 0 Å². The van der Waals surface area contributed by atoms with Crippen molar-refractivity contribution in [3.05, 3.63) is 59.3 Å². The van der Waals surface area contributed by atoms with Crippen molar-refractivity contribution in [1.82, 2.24) is 4.98 Å². The number of rotatable bonds is 7. The number of alkyl halides is 3. The maximum atomic E-state index is 12.4. The highest BCUT2D eigenvalue weighted by atomic mass is 32.2. The largest absolute Gasteiger partial charge is 0.460 e. The van der Waals surface area contributed by atoms with Crippen molar-refractivity contribution in [2.24, 2.45) is 0 Å². The summed E-state index contributed by atoms with van der Waals surface area (Å²) in [4.78, 5) is 15.6. The molecular formula is C17H17F3N2O4S. The minimum atomic E-state index is -4.45. The van der Waals surface area contributed by atoms with E-state index in [1.165, 1.54) is 18.2 Å². The molecule has 0 spiro atoms. The quantitative estimate of drug-likeness (QED) is 0.566. The van der Waals surface area contributed by atoms with Crippen LogP contribution < -0.4 is 5.32 Å². The van der Waals surface area contributed by atoms with E-state index in [0.29, 0.717) is 11.8 Å². The zero-order valence-electron chi connectivity index (χ0n) is 14.3. The van der Waals surface area contributed by atoms with E-state index in [-0.39, 0.29) is 30.3 Å². The van der Waals surface area contributed by atoms with E-state index in [1.807, 2.05) is 0 Å². The number of sulfone groups is 1. The topological polar surface area (TPSA) is 85.4 Å². The van der Waals surface area contributed by atoms with Gasteiger partial charge in [-0.3, -0.25) is 0 Å². The number of carbonyl (C=O) groups excluding carboxylic acids is 1. The van der Waals surface area contributed by atoms with Crippen molar-refractivity contribution in [3.63, 3.8) is 0 Å². The predicted octanol–water partition coefficient (Wildman–Crippen LogP) is 2.91. The molecule has 0 aliphatic carbocycles. The summed E-state index contributed by atoms with van der Waals surface area (Å²) in [6, 6.07) is 8.16. The van der Waals surface area contributed by atoms with Gasteiger partial charge in [-0.2, -0.15) is 13.2 Å². The first-order chi connectivity index (χ1) is 12.5. The zero-order chi connectivity index (χ0) is 20.1. The zero-order valence-corrected chi connectivity index (χ0v) is 15.1. The summed E-state index contributed by atoms with van der Waals surface area (Å²) in [6.45, 7) is 0.102. The molecule has 0 amide bonds. The molecule has 0 saturated heterocycles. The van der Waals surface area contributed by atoms with E-state index in [2.05, 4.69) is 10.3 Å². The number of aromatic nitrogens is 1. The van der Waals surface area contributed by atoms with Crippen molar-refractivity contribution >= 4 is 21.6 Å². The van der Waals surface area contributed by atoms with Gasteiger partial charge in [0.15, 0.2) is 9.84 Å². The minimum Gasteiger partial charge on any atom is -0.460 e. The molecule has 0 bridgehead atoms. The van der Waals surface area contributed by atoms with Crippen LogP contribution in [0.3, 0.4) is 0 Å². The molecule has 1 N–H and O–H groups in total. The molecule has 2 rings (SSSR count). The highest BCUT2D eigenvalue weighted by Crippen LogP contribution is 2.28. The van der Waals surface area contributed by atoms with Crippen LogP contribution >= 0.6 is 0 Å². The highest BCUT2D eigenvalue weighted by molar-refractivity contribution is 7.89. The first-order valence-corrected chi connectivity index (χ1v) is 9.81. The number of anilines is 1. The summed E-state index contributed by atoms with van der Waals surface area (Å²) in [5, 5.41) is 2.74. The fraction of sp³-hybridized carbons (Fsp3) is 0.294. The van der Waals surface area contributed by atoms with Crippen LogP contribution in [0.25, 0.3) is 0 Å². The summed E-state index contributed by atoms with van der Waals surface area (Å²) in [5.41, 5.74) is -0.170. The number of pyridine rings is 1.